The number of piperidine rings is 1. The predicted octanol–water partition coefficient (Wildman–Crippen LogP) is 2.15. The van der Waals surface area contributed by atoms with Gasteiger partial charge in [0.2, 0.25) is 5.91 Å². The minimum Gasteiger partial charge on any atom is -0.459 e. The Hall–Kier alpha value is -2.34. The second-order valence-corrected chi connectivity index (χ2v) is 7.56. The number of ether oxygens (including phenoxy) is 1. The monoisotopic (exact) mass is 343 g/mol. The summed E-state index contributed by atoms with van der Waals surface area (Å²) in [5.41, 5.74) is 7.77. The predicted molar refractivity (Wildman–Crippen MR) is 96.1 cm³/mol. The fraction of sp³-hybridized carbons (Fsp3) is 0.474. The number of aromatic nitrogens is 1. The maximum Gasteiger partial charge on any atom is 0.326 e. The maximum absolute atomic E-state index is 12.7. The number of rotatable bonds is 3. The van der Waals surface area contributed by atoms with Crippen molar-refractivity contribution in [3.63, 3.8) is 0 Å². The van der Waals surface area contributed by atoms with Gasteiger partial charge in [0.1, 0.15) is 12.1 Å². The summed E-state index contributed by atoms with van der Waals surface area (Å²) in [5.74, 6) is -0.662. The standard InChI is InChI=1S/C19H25N3O3/c1-19(2,3)25-16(23)11-22-9-8-13(17(20)18(22)24)14-10-21-15-7-5-4-6-12(14)15/h4-7,10,13,17,21H,8-9,11,20H2,1-3H3/t13-,17-/m1/s1. The number of fused-ring (bicyclic) bond motifs is 1. The molecule has 1 aliphatic heterocycles. The lowest BCUT2D eigenvalue weighted by atomic mass is 9.85. The zero-order valence-corrected chi connectivity index (χ0v) is 14.9. The van der Waals surface area contributed by atoms with Crippen LogP contribution < -0.4 is 5.73 Å². The average molecular weight is 343 g/mol. The van der Waals surface area contributed by atoms with Gasteiger partial charge in [0.15, 0.2) is 0 Å². The summed E-state index contributed by atoms with van der Waals surface area (Å²) in [6.07, 6.45) is 2.66. The first kappa shape index (κ1) is 17.5. The van der Waals surface area contributed by atoms with Gasteiger partial charge >= 0.3 is 5.97 Å². The molecule has 134 valence electrons. The average Bonchev–Trinajstić information content (AvgIpc) is 2.94. The number of benzene rings is 1. The SMILES string of the molecule is CC(C)(C)OC(=O)CN1CC[C@H](c2c[nH]c3ccccc23)[C@@H](N)C1=O. The van der Waals surface area contributed by atoms with Gasteiger partial charge in [-0.05, 0) is 38.8 Å². The number of carbonyl (C=O) groups excluding carboxylic acids is 2. The van der Waals surface area contributed by atoms with E-state index >= 15 is 0 Å². The van der Waals surface area contributed by atoms with E-state index in [4.69, 9.17) is 10.5 Å². The maximum atomic E-state index is 12.7. The molecule has 3 N–H and O–H groups in total. The van der Waals surface area contributed by atoms with E-state index in [1.165, 1.54) is 4.90 Å². The number of amides is 1. The highest BCUT2D eigenvalue weighted by Crippen LogP contribution is 2.33. The second-order valence-electron chi connectivity index (χ2n) is 7.56. The number of H-pyrrole nitrogens is 1. The van der Waals surface area contributed by atoms with Crippen LogP contribution in [-0.4, -0.2) is 46.5 Å². The third-order valence-corrected chi connectivity index (χ3v) is 4.50. The van der Waals surface area contributed by atoms with Crippen LogP contribution in [0.3, 0.4) is 0 Å². The van der Waals surface area contributed by atoms with Crippen LogP contribution in [0.15, 0.2) is 30.5 Å². The van der Waals surface area contributed by atoms with Gasteiger partial charge in [0.25, 0.3) is 0 Å². The van der Waals surface area contributed by atoms with E-state index in [9.17, 15) is 9.59 Å². The van der Waals surface area contributed by atoms with Crippen molar-refractivity contribution in [1.29, 1.82) is 0 Å². The van der Waals surface area contributed by atoms with E-state index in [2.05, 4.69) is 4.98 Å². The first-order chi connectivity index (χ1) is 11.8. The number of likely N-dealkylation sites (tertiary alicyclic amines) is 1. The van der Waals surface area contributed by atoms with Crippen LogP contribution in [-0.2, 0) is 14.3 Å². The van der Waals surface area contributed by atoms with Crippen molar-refractivity contribution < 1.29 is 14.3 Å². The highest BCUT2D eigenvalue weighted by Gasteiger charge is 2.37. The molecule has 2 aromatic rings. The number of hydrogen-bond acceptors (Lipinski definition) is 4. The molecule has 2 heterocycles. The Morgan fingerprint density at radius 3 is 2.80 bits per heavy atom. The topological polar surface area (TPSA) is 88.4 Å². The highest BCUT2D eigenvalue weighted by atomic mass is 16.6. The van der Waals surface area contributed by atoms with Gasteiger partial charge in [0.05, 0.1) is 6.04 Å². The molecule has 25 heavy (non-hydrogen) atoms. The zero-order valence-electron chi connectivity index (χ0n) is 14.9. The number of nitrogens with two attached hydrogens (primary N) is 1. The molecule has 0 radical (unpaired) electrons. The molecular formula is C19H25N3O3. The van der Waals surface area contributed by atoms with Crippen molar-refractivity contribution in [2.75, 3.05) is 13.1 Å². The van der Waals surface area contributed by atoms with Gasteiger partial charge in [-0.2, -0.15) is 0 Å². The summed E-state index contributed by atoms with van der Waals surface area (Å²) in [6.45, 7) is 5.87. The minimum atomic E-state index is -0.657. The summed E-state index contributed by atoms with van der Waals surface area (Å²) in [6, 6.07) is 7.33. The molecule has 1 fully saturated rings. The van der Waals surface area contributed by atoms with Crippen LogP contribution in [0.25, 0.3) is 10.9 Å². The Bertz CT molecular complexity index is 791. The van der Waals surface area contributed by atoms with Gasteiger partial charge in [-0.1, -0.05) is 18.2 Å². The lowest BCUT2D eigenvalue weighted by Gasteiger charge is -2.36. The van der Waals surface area contributed by atoms with Gasteiger partial charge in [-0.25, -0.2) is 0 Å². The van der Waals surface area contributed by atoms with Crippen LogP contribution in [0.5, 0.6) is 0 Å². The fourth-order valence-electron chi connectivity index (χ4n) is 3.40. The number of aromatic amines is 1. The summed E-state index contributed by atoms with van der Waals surface area (Å²) >= 11 is 0. The summed E-state index contributed by atoms with van der Waals surface area (Å²) in [7, 11) is 0. The van der Waals surface area contributed by atoms with Crippen molar-refractivity contribution in [1.82, 2.24) is 9.88 Å². The third-order valence-electron chi connectivity index (χ3n) is 4.50. The Morgan fingerprint density at radius 1 is 1.36 bits per heavy atom. The molecule has 0 unspecified atom stereocenters. The van der Waals surface area contributed by atoms with E-state index in [1.807, 2.05) is 51.2 Å². The largest absolute Gasteiger partial charge is 0.459 e. The summed E-state index contributed by atoms with van der Waals surface area (Å²) in [5, 5.41) is 1.09. The molecule has 1 saturated heterocycles. The molecule has 0 aliphatic carbocycles. The van der Waals surface area contributed by atoms with Gasteiger partial charge in [-0.15, -0.1) is 0 Å². The van der Waals surface area contributed by atoms with E-state index < -0.39 is 17.6 Å². The molecule has 6 heteroatoms. The van der Waals surface area contributed by atoms with E-state index in [0.717, 1.165) is 22.9 Å². The van der Waals surface area contributed by atoms with Gasteiger partial charge in [0, 0.05) is 29.6 Å². The van der Waals surface area contributed by atoms with Crippen LogP contribution in [0.2, 0.25) is 0 Å². The normalized spacial score (nSPS) is 21.6. The van der Waals surface area contributed by atoms with E-state index in [1.54, 1.807) is 0 Å². The van der Waals surface area contributed by atoms with Crippen molar-refractivity contribution in [2.24, 2.45) is 5.73 Å². The Labute approximate surface area is 147 Å². The molecular weight excluding hydrogens is 318 g/mol. The van der Waals surface area contributed by atoms with Crippen LogP contribution in [0, 0.1) is 0 Å². The van der Waals surface area contributed by atoms with Crippen LogP contribution in [0.4, 0.5) is 0 Å². The molecule has 1 aromatic carbocycles. The molecule has 0 bridgehead atoms. The fourth-order valence-corrected chi connectivity index (χ4v) is 3.40. The van der Waals surface area contributed by atoms with E-state index in [-0.39, 0.29) is 18.4 Å². The zero-order chi connectivity index (χ0) is 18.2. The Kier molecular flexibility index (Phi) is 4.56. The Balaban J connectivity index is 1.72. The Morgan fingerprint density at radius 2 is 2.08 bits per heavy atom. The number of hydrogen-bond donors (Lipinski definition) is 2. The number of nitrogens with one attached hydrogen (secondary N) is 1. The summed E-state index contributed by atoms with van der Waals surface area (Å²) in [4.78, 5) is 29.4. The minimum absolute atomic E-state index is 0.0512. The quantitative estimate of drug-likeness (QED) is 0.836. The third kappa shape index (κ3) is 3.69. The number of para-hydroxylation sites is 1. The number of carbonyl (C=O) groups is 2. The smallest absolute Gasteiger partial charge is 0.326 e. The first-order valence-corrected chi connectivity index (χ1v) is 8.58. The van der Waals surface area contributed by atoms with Crippen LogP contribution in [0.1, 0.15) is 38.7 Å². The number of esters is 1. The van der Waals surface area contributed by atoms with Gasteiger partial charge in [-0.3, -0.25) is 9.59 Å². The molecule has 0 spiro atoms. The molecule has 2 atom stereocenters. The molecule has 1 amide bonds. The molecule has 3 rings (SSSR count). The van der Waals surface area contributed by atoms with Crippen molar-refractivity contribution in [3.05, 3.63) is 36.0 Å². The highest BCUT2D eigenvalue weighted by molar-refractivity contribution is 5.89. The van der Waals surface area contributed by atoms with Crippen molar-refractivity contribution in [3.8, 4) is 0 Å². The lowest BCUT2D eigenvalue weighted by Crippen LogP contribution is -2.53. The molecule has 1 aromatic heterocycles. The summed E-state index contributed by atoms with van der Waals surface area (Å²) < 4.78 is 5.30. The van der Waals surface area contributed by atoms with Gasteiger partial charge < -0.3 is 20.4 Å². The van der Waals surface area contributed by atoms with Crippen molar-refractivity contribution >= 4 is 22.8 Å². The first-order valence-electron chi connectivity index (χ1n) is 8.58. The molecule has 6 nitrogen and oxygen atoms in total. The van der Waals surface area contributed by atoms with Crippen LogP contribution >= 0.6 is 0 Å². The molecule has 1 aliphatic rings. The molecule has 0 saturated carbocycles. The number of nitrogens with zero attached hydrogens (tertiary/aromatic N) is 1. The second kappa shape index (κ2) is 6.52. The van der Waals surface area contributed by atoms with Crippen molar-refractivity contribution in [2.45, 2.75) is 44.8 Å². The lowest BCUT2D eigenvalue weighted by molar-refractivity contribution is -0.160. The van der Waals surface area contributed by atoms with E-state index in [0.29, 0.717) is 6.54 Å².